The first-order valence-corrected chi connectivity index (χ1v) is 13.4. The highest BCUT2D eigenvalue weighted by molar-refractivity contribution is 8.13. The van der Waals surface area contributed by atoms with Crippen molar-refractivity contribution >= 4 is 39.9 Å². The van der Waals surface area contributed by atoms with Crippen molar-refractivity contribution < 1.29 is 4.74 Å². The smallest absolute Gasteiger partial charge is 0.379 e. The maximum atomic E-state index is 14.5. The Balaban J connectivity index is 1.78. The Morgan fingerprint density at radius 1 is 0.971 bits per heavy atom. The quantitative estimate of drug-likeness (QED) is 0.180. The predicted molar refractivity (Wildman–Crippen MR) is 147 cm³/mol. The molecule has 180 valence electrons. The van der Waals surface area contributed by atoms with Crippen LogP contribution in [0.15, 0.2) is 89.9 Å². The van der Waals surface area contributed by atoms with Crippen LogP contribution in [0, 0.1) is 5.21 Å². The Labute approximate surface area is 216 Å². The predicted octanol–water partition coefficient (Wildman–Crippen LogP) is 6.18. The summed E-state index contributed by atoms with van der Waals surface area (Å²) in [6.07, 6.45) is 2.29. The SMILES string of the molecule is CCS/C(=N/C1(c2ccccc2)N(c2ccc(Cl)cc2)CC(c2ccccc2)=[N+]1[O-])N1CCCC1. The average molecular weight is 505 g/mol. The van der Waals surface area contributed by atoms with Gasteiger partial charge in [-0.1, -0.05) is 66.7 Å². The van der Waals surface area contributed by atoms with Crippen molar-refractivity contribution in [2.24, 2.45) is 4.99 Å². The second-order valence-corrected chi connectivity index (χ2v) is 10.4. The lowest BCUT2D eigenvalue weighted by atomic mass is 10.1. The van der Waals surface area contributed by atoms with Crippen LogP contribution in [0.1, 0.15) is 30.9 Å². The second kappa shape index (κ2) is 10.3. The Morgan fingerprint density at radius 3 is 2.23 bits per heavy atom. The summed E-state index contributed by atoms with van der Waals surface area (Å²) in [5.74, 6) is -0.393. The molecule has 2 aliphatic rings. The van der Waals surface area contributed by atoms with Crippen LogP contribution in [0.2, 0.25) is 5.02 Å². The molecule has 0 radical (unpaired) electrons. The minimum Gasteiger partial charge on any atom is -0.620 e. The number of halogens is 1. The zero-order valence-electron chi connectivity index (χ0n) is 19.8. The van der Waals surface area contributed by atoms with Crippen LogP contribution in [0.4, 0.5) is 5.69 Å². The first-order chi connectivity index (χ1) is 17.1. The van der Waals surface area contributed by atoms with Crippen molar-refractivity contribution in [3.8, 4) is 0 Å². The largest absolute Gasteiger partial charge is 0.620 e. The van der Waals surface area contributed by atoms with Gasteiger partial charge in [0.25, 0.3) is 0 Å². The Hall–Kier alpha value is -2.96. The fourth-order valence-corrected chi connectivity index (χ4v) is 5.76. The number of amidine groups is 1. The van der Waals surface area contributed by atoms with Gasteiger partial charge in [0.2, 0.25) is 5.71 Å². The van der Waals surface area contributed by atoms with Gasteiger partial charge < -0.3 is 10.1 Å². The highest BCUT2D eigenvalue weighted by Crippen LogP contribution is 2.41. The summed E-state index contributed by atoms with van der Waals surface area (Å²) in [7, 11) is 0. The molecule has 0 aliphatic carbocycles. The maximum absolute atomic E-state index is 14.5. The van der Waals surface area contributed by atoms with Crippen LogP contribution >= 0.6 is 23.4 Å². The molecule has 0 aromatic heterocycles. The van der Waals surface area contributed by atoms with Gasteiger partial charge >= 0.3 is 5.79 Å². The zero-order valence-corrected chi connectivity index (χ0v) is 21.4. The summed E-state index contributed by atoms with van der Waals surface area (Å²) >= 11 is 7.94. The number of benzene rings is 3. The molecular weight excluding hydrogens is 476 g/mol. The lowest BCUT2D eigenvalue weighted by Crippen LogP contribution is -2.48. The molecule has 3 aromatic rings. The normalized spacial score (nSPS) is 20.7. The van der Waals surface area contributed by atoms with E-state index < -0.39 is 5.79 Å². The van der Waals surface area contributed by atoms with Crippen molar-refractivity contribution in [1.82, 2.24) is 4.90 Å². The molecule has 5 rings (SSSR count). The molecule has 1 atom stereocenters. The minimum absolute atomic E-state index is 0.428. The lowest BCUT2D eigenvalue weighted by Gasteiger charge is -2.35. The molecule has 3 aromatic carbocycles. The molecule has 5 nitrogen and oxygen atoms in total. The summed E-state index contributed by atoms with van der Waals surface area (Å²) in [6.45, 7) is 4.49. The van der Waals surface area contributed by atoms with Gasteiger partial charge in [-0.05, 0) is 67.1 Å². The standard InChI is InChI=1S/C28H29ClN4OS/c1-2-35-27(31-19-9-10-20-31)30-28(23-13-7-4-8-14-23)32(25-17-15-24(29)16-18-25)21-26(33(28)34)22-11-5-3-6-12-22/h3-8,11-18H,2,9-10,19-21H2,1H3/b30-27+. The van der Waals surface area contributed by atoms with Crippen molar-refractivity contribution in [2.45, 2.75) is 25.6 Å². The molecule has 7 heteroatoms. The molecule has 1 fully saturated rings. The van der Waals surface area contributed by atoms with Crippen molar-refractivity contribution in [2.75, 3.05) is 30.3 Å². The van der Waals surface area contributed by atoms with Gasteiger partial charge in [0.1, 0.15) is 6.54 Å². The summed E-state index contributed by atoms with van der Waals surface area (Å²) < 4.78 is 1.12. The van der Waals surface area contributed by atoms with E-state index in [4.69, 9.17) is 16.6 Å². The molecule has 1 unspecified atom stereocenters. The van der Waals surface area contributed by atoms with Crippen LogP contribution in [0.3, 0.4) is 0 Å². The van der Waals surface area contributed by atoms with Gasteiger partial charge in [-0.3, -0.25) is 4.90 Å². The second-order valence-electron chi connectivity index (χ2n) is 8.69. The number of hydrogen-bond donors (Lipinski definition) is 0. The van der Waals surface area contributed by atoms with Crippen LogP contribution in [0.5, 0.6) is 0 Å². The first-order valence-electron chi connectivity index (χ1n) is 12.1. The maximum Gasteiger partial charge on any atom is 0.379 e. The van der Waals surface area contributed by atoms with E-state index in [1.54, 1.807) is 11.8 Å². The summed E-state index contributed by atoms with van der Waals surface area (Å²) in [5.41, 5.74) is 3.33. The molecule has 0 saturated carbocycles. The van der Waals surface area contributed by atoms with E-state index in [-0.39, 0.29) is 0 Å². The topological polar surface area (TPSA) is 44.9 Å². The van der Waals surface area contributed by atoms with Crippen molar-refractivity contribution in [3.05, 3.63) is 106 Å². The van der Waals surface area contributed by atoms with E-state index in [2.05, 4.69) is 16.7 Å². The number of rotatable bonds is 5. The third-order valence-corrected chi connectivity index (χ3v) is 7.67. The molecule has 2 aliphatic heterocycles. The average Bonchev–Trinajstić information content (AvgIpc) is 3.53. The molecular formula is C28H29ClN4OS. The monoisotopic (exact) mass is 504 g/mol. The molecule has 0 N–H and O–H groups in total. The van der Waals surface area contributed by atoms with E-state index in [1.807, 2.05) is 84.9 Å². The van der Waals surface area contributed by atoms with Gasteiger partial charge in [0.15, 0.2) is 5.17 Å². The molecule has 2 heterocycles. The Kier molecular flexibility index (Phi) is 7.02. The Morgan fingerprint density at radius 2 is 1.60 bits per heavy atom. The summed E-state index contributed by atoms with van der Waals surface area (Å²) in [5, 5.41) is 16.1. The van der Waals surface area contributed by atoms with Gasteiger partial charge in [-0.25, -0.2) is 0 Å². The van der Waals surface area contributed by atoms with Gasteiger partial charge in [-0.2, -0.15) is 9.73 Å². The van der Waals surface area contributed by atoms with E-state index in [9.17, 15) is 5.21 Å². The van der Waals surface area contributed by atoms with Crippen LogP contribution in [0.25, 0.3) is 0 Å². The molecule has 35 heavy (non-hydrogen) atoms. The third-order valence-electron chi connectivity index (χ3n) is 6.52. The van der Waals surface area contributed by atoms with Crippen LogP contribution < -0.4 is 4.90 Å². The minimum atomic E-state index is -1.28. The molecule has 0 bridgehead atoms. The highest BCUT2D eigenvalue weighted by Gasteiger charge is 2.55. The van der Waals surface area contributed by atoms with Crippen LogP contribution in [-0.4, -0.2) is 45.9 Å². The number of hydroxylamine groups is 1. The van der Waals surface area contributed by atoms with E-state index in [0.717, 1.165) is 58.4 Å². The van der Waals surface area contributed by atoms with Crippen molar-refractivity contribution in [3.63, 3.8) is 0 Å². The molecule has 1 saturated heterocycles. The van der Waals surface area contributed by atoms with Gasteiger partial charge in [-0.15, -0.1) is 0 Å². The van der Waals surface area contributed by atoms with Gasteiger partial charge in [0, 0.05) is 29.4 Å². The summed E-state index contributed by atoms with van der Waals surface area (Å²) in [6, 6.07) is 27.5. The zero-order chi connectivity index (χ0) is 24.3. The number of likely N-dealkylation sites (tertiary alicyclic amines) is 1. The fraction of sp³-hybridized carbons (Fsp3) is 0.286. The summed E-state index contributed by atoms with van der Waals surface area (Å²) in [4.78, 5) is 9.82. The third kappa shape index (κ3) is 4.53. The number of hydrogen-bond acceptors (Lipinski definition) is 4. The van der Waals surface area contributed by atoms with Crippen LogP contribution in [-0.2, 0) is 5.79 Å². The molecule has 0 spiro atoms. The fourth-order valence-electron chi connectivity index (χ4n) is 4.82. The van der Waals surface area contributed by atoms with Gasteiger partial charge in [0.05, 0.1) is 5.56 Å². The number of aliphatic imine (C=N–C) groups is 1. The van der Waals surface area contributed by atoms with E-state index in [1.165, 1.54) is 0 Å². The highest BCUT2D eigenvalue weighted by atomic mass is 35.5. The number of thioether (sulfide) groups is 1. The molecule has 0 amide bonds. The number of anilines is 1. The lowest BCUT2D eigenvalue weighted by molar-refractivity contribution is -0.547. The van der Waals surface area contributed by atoms with Crippen molar-refractivity contribution in [1.29, 1.82) is 0 Å². The van der Waals surface area contributed by atoms with E-state index >= 15 is 0 Å². The van der Waals surface area contributed by atoms with E-state index in [0.29, 0.717) is 17.3 Å². The Bertz CT molecular complexity index is 1210. The first kappa shape index (κ1) is 23.8. The number of nitrogens with zero attached hydrogens (tertiary/aromatic N) is 4.